The molecule has 1 aliphatic heterocycles. The predicted molar refractivity (Wildman–Crippen MR) is 88.8 cm³/mol. The summed E-state index contributed by atoms with van der Waals surface area (Å²) in [7, 11) is 0. The van der Waals surface area contributed by atoms with E-state index >= 15 is 0 Å². The predicted octanol–water partition coefficient (Wildman–Crippen LogP) is 4.19. The zero-order chi connectivity index (χ0) is 17.1. The Kier molecular flexibility index (Phi) is 5.36. The van der Waals surface area contributed by atoms with Crippen molar-refractivity contribution in [1.82, 2.24) is 9.97 Å². The zero-order valence-corrected chi connectivity index (χ0v) is 14.2. The molecule has 3 rings (SSSR count). The first-order chi connectivity index (χ1) is 11.6. The minimum absolute atomic E-state index is 0.0733. The van der Waals surface area contributed by atoms with Crippen molar-refractivity contribution in [3.63, 3.8) is 0 Å². The number of benzene rings is 1. The minimum atomic E-state index is -0.688. The van der Waals surface area contributed by atoms with E-state index in [-0.39, 0.29) is 17.7 Å². The van der Waals surface area contributed by atoms with Gasteiger partial charge in [-0.25, -0.2) is 13.8 Å². The lowest BCUT2D eigenvalue weighted by Crippen LogP contribution is -2.39. The molecule has 0 spiro atoms. The Balaban J connectivity index is 1.60. The van der Waals surface area contributed by atoms with Gasteiger partial charge >= 0.3 is 0 Å². The van der Waals surface area contributed by atoms with Gasteiger partial charge in [-0.15, -0.1) is 11.6 Å². The van der Waals surface area contributed by atoms with Crippen LogP contribution in [0.1, 0.15) is 18.5 Å². The van der Waals surface area contributed by atoms with Gasteiger partial charge < -0.3 is 9.64 Å². The van der Waals surface area contributed by atoms with Gasteiger partial charge in [0.2, 0.25) is 0 Å². The maximum Gasteiger partial charge on any atom is 0.167 e. The van der Waals surface area contributed by atoms with E-state index in [0.717, 1.165) is 6.07 Å². The number of hydrogen-bond acceptors (Lipinski definition) is 4. The molecule has 128 valence electrons. The Morgan fingerprint density at radius 2 is 2.00 bits per heavy atom. The molecule has 1 aliphatic rings. The number of hydrogen-bond donors (Lipinski definition) is 0. The van der Waals surface area contributed by atoms with Crippen LogP contribution in [-0.2, 0) is 5.88 Å². The third kappa shape index (κ3) is 3.87. The van der Waals surface area contributed by atoms with Crippen molar-refractivity contribution in [3.05, 3.63) is 46.9 Å². The van der Waals surface area contributed by atoms with Gasteiger partial charge in [-0.05, 0) is 12.1 Å². The maximum absolute atomic E-state index is 13.6. The molecule has 0 atom stereocenters. The van der Waals surface area contributed by atoms with Crippen LogP contribution < -0.4 is 9.64 Å². The highest BCUT2D eigenvalue weighted by Crippen LogP contribution is 2.25. The smallest absolute Gasteiger partial charge is 0.167 e. The second kappa shape index (κ2) is 7.49. The molecular formula is C16H15Cl2F2N3O. The van der Waals surface area contributed by atoms with Crippen LogP contribution in [0.25, 0.3) is 0 Å². The Hall–Kier alpha value is -1.66. The number of rotatable bonds is 4. The first kappa shape index (κ1) is 17.2. The van der Waals surface area contributed by atoms with Gasteiger partial charge in [0.05, 0.1) is 17.8 Å². The maximum atomic E-state index is 13.6. The Labute approximate surface area is 148 Å². The van der Waals surface area contributed by atoms with E-state index in [2.05, 4.69) is 9.97 Å². The van der Waals surface area contributed by atoms with Gasteiger partial charge in [-0.3, -0.25) is 4.98 Å². The number of piperidine rings is 1. The first-order valence-corrected chi connectivity index (χ1v) is 8.42. The van der Waals surface area contributed by atoms with Crippen molar-refractivity contribution in [1.29, 1.82) is 0 Å². The molecule has 1 aromatic heterocycles. The van der Waals surface area contributed by atoms with Crippen LogP contribution in [-0.4, -0.2) is 29.2 Å². The van der Waals surface area contributed by atoms with Gasteiger partial charge in [0.1, 0.15) is 17.7 Å². The standard InChI is InChI=1S/C16H15Cl2F2N3O/c17-8-13-16(18)22-15(9-21-13)23-5-3-11(4-6-23)24-14-2-1-10(19)7-12(14)20/h1-2,7,9,11H,3-6,8H2. The molecule has 0 aliphatic carbocycles. The summed E-state index contributed by atoms with van der Waals surface area (Å²) in [6, 6.07) is 3.32. The van der Waals surface area contributed by atoms with Gasteiger partial charge in [-0.1, -0.05) is 11.6 Å². The molecule has 0 unspecified atom stereocenters. The Morgan fingerprint density at radius 1 is 1.25 bits per heavy atom. The van der Waals surface area contributed by atoms with Gasteiger partial charge in [0.25, 0.3) is 0 Å². The molecule has 24 heavy (non-hydrogen) atoms. The second-order valence-corrected chi connectivity index (χ2v) is 6.10. The summed E-state index contributed by atoms with van der Waals surface area (Å²) in [6.07, 6.45) is 2.89. The highest BCUT2D eigenvalue weighted by Gasteiger charge is 2.23. The van der Waals surface area contributed by atoms with Crippen LogP contribution in [0.3, 0.4) is 0 Å². The van der Waals surface area contributed by atoms with Crippen LogP contribution in [0.15, 0.2) is 24.4 Å². The van der Waals surface area contributed by atoms with Crippen molar-refractivity contribution in [2.45, 2.75) is 24.8 Å². The van der Waals surface area contributed by atoms with Gasteiger partial charge in [-0.2, -0.15) is 0 Å². The quantitative estimate of drug-likeness (QED) is 0.753. The van der Waals surface area contributed by atoms with Crippen molar-refractivity contribution in [2.75, 3.05) is 18.0 Å². The normalized spacial score (nSPS) is 15.6. The highest BCUT2D eigenvalue weighted by atomic mass is 35.5. The SMILES string of the molecule is Fc1ccc(OC2CCN(c3cnc(CCl)c(Cl)n3)CC2)c(F)c1. The van der Waals surface area contributed by atoms with Crippen LogP contribution in [0.4, 0.5) is 14.6 Å². The second-order valence-electron chi connectivity index (χ2n) is 5.48. The van der Waals surface area contributed by atoms with Crippen LogP contribution >= 0.6 is 23.2 Å². The molecule has 1 fully saturated rings. The number of halogens is 4. The zero-order valence-electron chi connectivity index (χ0n) is 12.7. The van der Waals surface area contributed by atoms with E-state index in [1.54, 1.807) is 6.20 Å². The van der Waals surface area contributed by atoms with E-state index in [1.807, 2.05) is 4.90 Å². The van der Waals surface area contributed by atoms with E-state index in [9.17, 15) is 8.78 Å². The number of aromatic nitrogens is 2. The lowest BCUT2D eigenvalue weighted by atomic mass is 10.1. The molecular weight excluding hydrogens is 359 g/mol. The molecule has 2 heterocycles. The monoisotopic (exact) mass is 373 g/mol. The highest BCUT2D eigenvalue weighted by molar-refractivity contribution is 6.31. The molecule has 0 N–H and O–H groups in total. The number of anilines is 1. The summed E-state index contributed by atoms with van der Waals surface area (Å²) in [5.74, 6) is -0.340. The first-order valence-electron chi connectivity index (χ1n) is 7.51. The number of alkyl halides is 1. The lowest BCUT2D eigenvalue weighted by molar-refractivity contribution is 0.163. The van der Waals surface area contributed by atoms with Crippen molar-refractivity contribution in [3.8, 4) is 5.75 Å². The summed E-state index contributed by atoms with van der Waals surface area (Å²) >= 11 is 11.8. The summed E-state index contributed by atoms with van der Waals surface area (Å²) < 4.78 is 32.2. The molecule has 0 amide bonds. The lowest BCUT2D eigenvalue weighted by Gasteiger charge is -2.32. The average Bonchev–Trinajstić information content (AvgIpc) is 2.58. The molecule has 0 radical (unpaired) electrons. The van der Waals surface area contributed by atoms with Gasteiger partial charge in [0.15, 0.2) is 16.7 Å². The molecule has 1 saturated heterocycles. The van der Waals surface area contributed by atoms with Crippen LogP contribution in [0, 0.1) is 11.6 Å². The van der Waals surface area contributed by atoms with E-state index in [1.165, 1.54) is 12.1 Å². The minimum Gasteiger partial charge on any atom is -0.487 e. The number of ether oxygens (including phenoxy) is 1. The summed E-state index contributed by atoms with van der Waals surface area (Å²) in [6.45, 7) is 1.36. The van der Waals surface area contributed by atoms with Gasteiger partial charge in [0, 0.05) is 32.0 Å². The van der Waals surface area contributed by atoms with Crippen molar-refractivity contribution in [2.24, 2.45) is 0 Å². The number of nitrogens with zero attached hydrogens (tertiary/aromatic N) is 3. The summed E-state index contributed by atoms with van der Waals surface area (Å²) in [5, 5.41) is 0.300. The summed E-state index contributed by atoms with van der Waals surface area (Å²) in [4.78, 5) is 10.5. The third-order valence-corrected chi connectivity index (χ3v) is 4.42. The summed E-state index contributed by atoms with van der Waals surface area (Å²) in [5.41, 5.74) is 0.548. The molecule has 2 aromatic rings. The molecule has 1 aromatic carbocycles. The van der Waals surface area contributed by atoms with E-state index in [0.29, 0.717) is 42.6 Å². The average molecular weight is 374 g/mol. The van der Waals surface area contributed by atoms with Crippen molar-refractivity contribution >= 4 is 29.0 Å². The van der Waals surface area contributed by atoms with Crippen LogP contribution in [0.2, 0.25) is 5.15 Å². The molecule has 4 nitrogen and oxygen atoms in total. The Morgan fingerprint density at radius 3 is 2.62 bits per heavy atom. The van der Waals surface area contributed by atoms with E-state index < -0.39 is 11.6 Å². The molecule has 0 saturated carbocycles. The molecule has 0 bridgehead atoms. The van der Waals surface area contributed by atoms with Crippen molar-refractivity contribution < 1.29 is 13.5 Å². The topological polar surface area (TPSA) is 38.2 Å². The van der Waals surface area contributed by atoms with Crippen LogP contribution in [0.5, 0.6) is 5.75 Å². The third-order valence-electron chi connectivity index (χ3n) is 3.87. The largest absolute Gasteiger partial charge is 0.487 e. The fourth-order valence-corrected chi connectivity index (χ4v) is 3.04. The fraction of sp³-hybridized carbons (Fsp3) is 0.375. The van der Waals surface area contributed by atoms with E-state index in [4.69, 9.17) is 27.9 Å². The fourth-order valence-electron chi connectivity index (χ4n) is 2.58. The molecule has 8 heteroatoms. The Bertz CT molecular complexity index is 724.